The molecule has 1 aromatic heterocycles. The van der Waals surface area contributed by atoms with E-state index in [1.54, 1.807) is 0 Å². The second-order valence-electron chi connectivity index (χ2n) is 24.1. The predicted molar refractivity (Wildman–Crippen MR) is 357 cm³/mol. The lowest BCUT2D eigenvalue weighted by molar-refractivity contribution is 0.590. The Balaban J connectivity index is 1.23. The van der Waals surface area contributed by atoms with Crippen LogP contribution in [-0.2, 0) is 10.8 Å². The summed E-state index contributed by atoms with van der Waals surface area (Å²) >= 11 is 3.97. The molecule has 0 aliphatic carbocycles. The van der Waals surface area contributed by atoms with Gasteiger partial charge in [-0.2, -0.15) is 0 Å². The number of fused-ring (bicyclic) bond motifs is 3. The van der Waals surface area contributed by atoms with Gasteiger partial charge in [-0.25, -0.2) is 4.85 Å². The summed E-state index contributed by atoms with van der Waals surface area (Å²) in [6.07, 6.45) is 0. The van der Waals surface area contributed by atoms with E-state index < -0.39 is 0 Å². The summed E-state index contributed by atoms with van der Waals surface area (Å²) in [4.78, 5) is 8.92. The molecule has 0 amide bonds. The van der Waals surface area contributed by atoms with E-state index in [0.717, 1.165) is 111 Å². The molecule has 12 aromatic rings. The third kappa shape index (κ3) is 10.7. The fourth-order valence-corrected chi connectivity index (χ4v) is 12.1. The molecular weight excluding hydrogens is 1070 g/mol. The van der Waals surface area contributed by atoms with Crippen LogP contribution in [0.15, 0.2) is 259 Å². The quantitative estimate of drug-likeness (QED) is 0.113. The molecule has 0 saturated carbocycles. The molecule has 0 bridgehead atoms. The van der Waals surface area contributed by atoms with Gasteiger partial charge in [-0.15, -0.1) is 0 Å². The molecule has 83 heavy (non-hydrogen) atoms. The van der Waals surface area contributed by atoms with Gasteiger partial charge in [0.15, 0.2) is 5.69 Å². The molecule has 0 fully saturated rings. The maximum Gasteiger partial charge on any atom is 0.188 e. The van der Waals surface area contributed by atoms with Gasteiger partial charge in [-0.05, 0) is 158 Å². The van der Waals surface area contributed by atoms with Gasteiger partial charge >= 0.3 is 0 Å². The standard InChI is InChI=1S/C78H67BrN4/c1-52(2)57-42-65(81(62-35-24-34-60(79)48-62)75-68(53-26-14-10-15-27-53)44-58(77(3,4)5)45-69(75)54-28-16-11-17-29-54)51-66(43-57)82(63-36-25-37-64(50-63)83-73-39-23-22-38-67(73)72-49-61(80-9)40-41-74(72)83)76-70(55-30-18-12-19-31-55)46-59(78(6,7)8)47-71(76)56-32-20-13-21-33-56/h10-52H,1-8H3. The van der Waals surface area contributed by atoms with E-state index in [1.807, 2.05) is 12.1 Å². The van der Waals surface area contributed by atoms with Crippen molar-refractivity contribution >= 4 is 77.5 Å². The summed E-state index contributed by atoms with van der Waals surface area (Å²) in [7, 11) is 0. The SMILES string of the molecule is [C-]#[N+]c1ccc2c(c1)c1ccccc1n2-c1cccc(N(c2cc(C(C)C)cc(N(c3cccc(Br)c3)c3c(-c4ccccc4)cc(C(C)(C)C)cc3-c3ccccc3)c2)c2c(-c3ccccc3)cc(C(C)(C)C)cc2-c2ccccc2)c1. The van der Waals surface area contributed by atoms with Crippen molar-refractivity contribution in [2.45, 2.75) is 72.1 Å². The van der Waals surface area contributed by atoms with Crippen LogP contribution in [0.3, 0.4) is 0 Å². The average molecular weight is 1140 g/mol. The van der Waals surface area contributed by atoms with Gasteiger partial charge in [0.05, 0.1) is 29.0 Å². The van der Waals surface area contributed by atoms with Crippen molar-refractivity contribution in [3.63, 3.8) is 0 Å². The molecule has 5 heteroatoms. The molecule has 406 valence electrons. The van der Waals surface area contributed by atoms with Crippen LogP contribution in [0.25, 0.3) is 76.8 Å². The fraction of sp³-hybridized carbons (Fsp3) is 0.141. The molecule has 0 saturated heterocycles. The normalized spacial score (nSPS) is 11.8. The Morgan fingerprint density at radius 2 is 0.819 bits per heavy atom. The molecule has 0 aliphatic rings. The Hall–Kier alpha value is -9.21. The zero-order valence-corrected chi connectivity index (χ0v) is 50.1. The van der Waals surface area contributed by atoms with E-state index in [1.165, 1.54) is 16.7 Å². The van der Waals surface area contributed by atoms with Gasteiger partial charge in [0.2, 0.25) is 0 Å². The minimum absolute atomic E-state index is 0.139. The lowest BCUT2D eigenvalue weighted by Crippen LogP contribution is -2.19. The molecule has 0 atom stereocenters. The molecule has 0 unspecified atom stereocenters. The Labute approximate surface area is 498 Å². The first kappa shape index (κ1) is 54.4. The topological polar surface area (TPSA) is 15.8 Å². The molecule has 0 radical (unpaired) electrons. The van der Waals surface area contributed by atoms with Gasteiger partial charge in [-0.1, -0.05) is 229 Å². The fourth-order valence-electron chi connectivity index (χ4n) is 11.7. The molecular formula is C78H67BrN4. The second kappa shape index (κ2) is 22.3. The van der Waals surface area contributed by atoms with Crippen LogP contribution < -0.4 is 9.80 Å². The van der Waals surface area contributed by atoms with Gasteiger partial charge in [0.25, 0.3) is 0 Å². The number of nitrogens with zero attached hydrogens (tertiary/aromatic N) is 4. The van der Waals surface area contributed by atoms with Crippen molar-refractivity contribution in [1.82, 2.24) is 4.57 Å². The van der Waals surface area contributed by atoms with Gasteiger partial charge in [0.1, 0.15) is 0 Å². The van der Waals surface area contributed by atoms with Gasteiger partial charge < -0.3 is 14.4 Å². The first-order valence-corrected chi connectivity index (χ1v) is 29.5. The van der Waals surface area contributed by atoms with Crippen molar-refractivity contribution in [2.24, 2.45) is 0 Å². The van der Waals surface area contributed by atoms with E-state index in [9.17, 15) is 0 Å². The highest BCUT2D eigenvalue weighted by Gasteiger charge is 2.31. The number of para-hydroxylation sites is 1. The van der Waals surface area contributed by atoms with Gasteiger partial charge in [-0.3, -0.25) is 0 Å². The Bertz CT molecular complexity index is 4270. The van der Waals surface area contributed by atoms with E-state index >= 15 is 0 Å². The summed E-state index contributed by atoms with van der Waals surface area (Å²) in [5, 5.41) is 2.15. The minimum atomic E-state index is -0.176. The summed E-state index contributed by atoms with van der Waals surface area (Å²) in [6.45, 7) is 26.5. The zero-order chi connectivity index (χ0) is 57.6. The Kier molecular flexibility index (Phi) is 14.6. The van der Waals surface area contributed by atoms with E-state index in [-0.39, 0.29) is 16.7 Å². The van der Waals surface area contributed by atoms with Crippen LogP contribution in [0.2, 0.25) is 0 Å². The smallest absolute Gasteiger partial charge is 0.188 e. The molecule has 1 heterocycles. The molecule has 0 aliphatic heterocycles. The van der Waals surface area contributed by atoms with Crippen LogP contribution in [0.5, 0.6) is 0 Å². The largest absolute Gasteiger partial charge is 0.309 e. The third-order valence-corrected chi connectivity index (χ3v) is 16.5. The van der Waals surface area contributed by atoms with E-state index in [4.69, 9.17) is 6.57 Å². The maximum atomic E-state index is 7.97. The Morgan fingerprint density at radius 3 is 1.25 bits per heavy atom. The molecule has 12 rings (SSSR count). The van der Waals surface area contributed by atoms with Crippen LogP contribution in [-0.4, -0.2) is 4.57 Å². The van der Waals surface area contributed by atoms with Crippen LogP contribution >= 0.6 is 15.9 Å². The van der Waals surface area contributed by atoms with Gasteiger partial charge in [0, 0.05) is 60.5 Å². The molecule has 4 nitrogen and oxygen atoms in total. The van der Waals surface area contributed by atoms with E-state index in [0.29, 0.717) is 5.69 Å². The number of halogens is 1. The Morgan fingerprint density at radius 1 is 0.398 bits per heavy atom. The highest BCUT2D eigenvalue weighted by atomic mass is 79.9. The number of aromatic nitrogens is 1. The number of anilines is 6. The first-order valence-electron chi connectivity index (χ1n) is 28.7. The number of hydrogen-bond acceptors (Lipinski definition) is 2. The lowest BCUT2D eigenvalue weighted by Gasteiger charge is -2.36. The summed E-state index contributed by atoms with van der Waals surface area (Å²) in [6, 6.07) is 93.2. The molecule has 11 aromatic carbocycles. The van der Waals surface area contributed by atoms with Crippen molar-refractivity contribution in [3.05, 3.63) is 287 Å². The minimum Gasteiger partial charge on any atom is -0.309 e. The molecule has 0 N–H and O–H groups in total. The van der Waals surface area contributed by atoms with Crippen LogP contribution in [0.4, 0.5) is 39.8 Å². The average Bonchev–Trinajstić information content (AvgIpc) is 4.10. The highest BCUT2D eigenvalue weighted by Crippen LogP contribution is 2.54. The van der Waals surface area contributed by atoms with E-state index in [2.05, 4.69) is 333 Å². The maximum absolute atomic E-state index is 7.97. The van der Waals surface area contributed by atoms with Crippen molar-refractivity contribution < 1.29 is 0 Å². The van der Waals surface area contributed by atoms with Crippen LogP contribution in [0.1, 0.15) is 78.0 Å². The summed E-state index contributed by atoms with van der Waals surface area (Å²) in [5.41, 5.74) is 22.4. The zero-order valence-electron chi connectivity index (χ0n) is 48.5. The summed E-state index contributed by atoms with van der Waals surface area (Å²) < 4.78 is 3.35. The summed E-state index contributed by atoms with van der Waals surface area (Å²) in [5.74, 6) is 0.139. The third-order valence-electron chi connectivity index (χ3n) is 16.0. The van der Waals surface area contributed by atoms with Crippen LogP contribution in [0, 0.1) is 6.57 Å². The number of rotatable bonds is 12. The second-order valence-corrected chi connectivity index (χ2v) is 25.0. The molecule has 0 spiro atoms. The van der Waals surface area contributed by atoms with Crippen molar-refractivity contribution in [1.29, 1.82) is 0 Å². The number of benzene rings is 11. The lowest BCUT2D eigenvalue weighted by atomic mass is 9.81. The monoisotopic (exact) mass is 1140 g/mol. The van der Waals surface area contributed by atoms with Crippen molar-refractivity contribution in [3.8, 4) is 50.2 Å². The first-order chi connectivity index (χ1) is 40.1. The highest BCUT2D eigenvalue weighted by molar-refractivity contribution is 9.10. The number of hydrogen-bond donors (Lipinski definition) is 0. The van der Waals surface area contributed by atoms with Crippen molar-refractivity contribution in [2.75, 3.05) is 9.80 Å². The predicted octanol–water partition coefficient (Wildman–Crippen LogP) is 23.4.